The molecule has 2 N–H and O–H groups in total. The van der Waals surface area contributed by atoms with Gasteiger partial charge >= 0.3 is 0 Å². The Kier molecular flexibility index (Phi) is 6.11. The zero-order valence-electron chi connectivity index (χ0n) is 16.5. The van der Waals surface area contributed by atoms with E-state index in [-0.39, 0.29) is 47.7 Å². The van der Waals surface area contributed by atoms with Gasteiger partial charge in [0.1, 0.15) is 4.90 Å². The number of primary amides is 1. The Balaban J connectivity index is 1.98. The van der Waals surface area contributed by atoms with E-state index in [1.165, 1.54) is 16.4 Å². The van der Waals surface area contributed by atoms with E-state index in [1.807, 2.05) is 4.90 Å². The average molecular weight is 426 g/mol. The van der Waals surface area contributed by atoms with Gasteiger partial charge in [-0.25, -0.2) is 8.42 Å². The summed E-state index contributed by atoms with van der Waals surface area (Å²) >= 11 is 0. The molecule has 2 aliphatic rings. The minimum Gasteiger partial charge on any atom is -0.373 e. The van der Waals surface area contributed by atoms with E-state index >= 15 is 0 Å². The fourth-order valence-corrected chi connectivity index (χ4v) is 5.78. The number of nitrogens with two attached hydrogens (primary N) is 1. The second kappa shape index (κ2) is 8.25. The van der Waals surface area contributed by atoms with Crippen molar-refractivity contribution in [1.29, 1.82) is 0 Å². The zero-order valence-corrected chi connectivity index (χ0v) is 17.3. The lowest BCUT2D eigenvalue weighted by molar-refractivity contribution is -0.385. The number of benzene rings is 1. The molecule has 0 spiro atoms. The Hall–Kier alpha value is -2.24. The third-order valence-electron chi connectivity index (χ3n) is 5.40. The summed E-state index contributed by atoms with van der Waals surface area (Å²) in [5.41, 5.74) is 5.50. The van der Waals surface area contributed by atoms with Gasteiger partial charge in [0.25, 0.3) is 5.69 Å². The number of sulfonamides is 1. The van der Waals surface area contributed by atoms with Crippen LogP contribution in [-0.4, -0.2) is 61.9 Å². The summed E-state index contributed by atoms with van der Waals surface area (Å²) in [6, 6.07) is 3.90. The lowest BCUT2D eigenvalue weighted by atomic mass is 9.96. The van der Waals surface area contributed by atoms with Crippen LogP contribution >= 0.6 is 0 Å². The number of carbonyl (C=O) groups excluding carboxylic acids is 1. The summed E-state index contributed by atoms with van der Waals surface area (Å²) in [5, 5.41) is 11.3. The number of nitro benzene ring substituents is 1. The van der Waals surface area contributed by atoms with Crippen molar-refractivity contribution in [1.82, 2.24) is 4.31 Å². The lowest BCUT2D eigenvalue weighted by Crippen LogP contribution is -2.48. The van der Waals surface area contributed by atoms with Crippen LogP contribution in [0.4, 0.5) is 11.4 Å². The molecule has 0 aliphatic carbocycles. The smallest absolute Gasteiger partial charge is 0.270 e. The van der Waals surface area contributed by atoms with Gasteiger partial charge in [-0.15, -0.1) is 0 Å². The molecule has 2 fully saturated rings. The van der Waals surface area contributed by atoms with Crippen molar-refractivity contribution in [3.05, 3.63) is 28.3 Å². The van der Waals surface area contributed by atoms with Crippen LogP contribution in [0.3, 0.4) is 0 Å². The van der Waals surface area contributed by atoms with Crippen LogP contribution < -0.4 is 10.6 Å². The minimum absolute atomic E-state index is 0.0921. The highest BCUT2D eigenvalue weighted by molar-refractivity contribution is 7.89. The largest absolute Gasteiger partial charge is 0.373 e. The van der Waals surface area contributed by atoms with Gasteiger partial charge < -0.3 is 15.4 Å². The number of nitro groups is 1. The normalized spacial score (nSPS) is 24.4. The minimum atomic E-state index is -3.98. The molecule has 29 heavy (non-hydrogen) atoms. The van der Waals surface area contributed by atoms with Crippen molar-refractivity contribution >= 4 is 27.3 Å². The maximum Gasteiger partial charge on any atom is 0.270 e. The van der Waals surface area contributed by atoms with Crippen molar-refractivity contribution < 1.29 is 22.9 Å². The molecule has 2 aliphatic heterocycles. The van der Waals surface area contributed by atoms with Gasteiger partial charge in [-0.05, 0) is 32.8 Å². The highest BCUT2D eigenvalue weighted by Crippen LogP contribution is 2.34. The van der Waals surface area contributed by atoms with Gasteiger partial charge in [-0.1, -0.05) is 0 Å². The Bertz CT molecular complexity index is 888. The van der Waals surface area contributed by atoms with Crippen LogP contribution in [0.1, 0.15) is 26.7 Å². The second-order valence-electron chi connectivity index (χ2n) is 7.65. The van der Waals surface area contributed by atoms with Crippen LogP contribution in [0.2, 0.25) is 0 Å². The van der Waals surface area contributed by atoms with Crippen LogP contribution in [0.25, 0.3) is 0 Å². The van der Waals surface area contributed by atoms with Crippen molar-refractivity contribution in [2.45, 2.75) is 43.8 Å². The highest BCUT2D eigenvalue weighted by atomic mass is 32.2. The third-order valence-corrected chi connectivity index (χ3v) is 7.26. The standard InChI is InChI=1S/C18H26N4O6S/c1-12-10-21(11-13(2)28-12)29(26,27)17-9-15(22(24)25)3-4-16(17)20-7-5-14(6-8-20)18(19)23/h3-4,9,12-14H,5-8,10-11H2,1-2H3,(H2,19,23)/t12-,13-/m1/s1. The topological polar surface area (TPSA) is 136 Å². The van der Waals surface area contributed by atoms with Crippen LogP contribution in [0, 0.1) is 16.0 Å². The molecular formula is C18H26N4O6S. The molecule has 0 bridgehead atoms. The van der Waals surface area contributed by atoms with Crippen LogP contribution in [-0.2, 0) is 19.6 Å². The number of amides is 1. The van der Waals surface area contributed by atoms with E-state index in [0.717, 1.165) is 6.07 Å². The third kappa shape index (κ3) is 4.51. The molecular weight excluding hydrogens is 400 g/mol. The molecule has 1 aromatic carbocycles. The number of rotatable bonds is 5. The predicted molar refractivity (Wildman–Crippen MR) is 106 cm³/mol. The molecule has 0 unspecified atom stereocenters. The van der Waals surface area contributed by atoms with Gasteiger partial charge in [-0.3, -0.25) is 14.9 Å². The summed E-state index contributed by atoms with van der Waals surface area (Å²) in [6.45, 7) is 4.84. The number of ether oxygens (including phenoxy) is 1. The highest BCUT2D eigenvalue weighted by Gasteiger charge is 2.36. The first kappa shape index (κ1) is 21.5. The summed E-state index contributed by atoms with van der Waals surface area (Å²) in [7, 11) is -3.98. The maximum absolute atomic E-state index is 13.4. The zero-order chi connectivity index (χ0) is 21.3. The molecule has 0 aromatic heterocycles. The number of piperidine rings is 1. The maximum atomic E-state index is 13.4. The van der Waals surface area contributed by atoms with E-state index in [1.54, 1.807) is 13.8 Å². The van der Waals surface area contributed by atoms with Crippen molar-refractivity contribution in [3.8, 4) is 0 Å². The quantitative estimate of drug-likeness (QED) is 0.550. The Morgan fingerprint density at radius 3 is 2.31 bits per heavy atom. The molecule has 160 valence electrons. The van der Waals surface area contributed by atoms with Gasteiger partial charge in [0.05, 0.1) is 22.8 Å². The molecule has 3 rings (SSSR count). The average Bonchev–Trinajstić information content (AvgIpc) is 2.66. The van der Waals surface area contributed by atoms with Gasteiger partial charge in [0.2, 0.25) is 15.9 Å². The summed E-state index contributed by atoms with van der Waals surface area (Å²) in [6.07, 6.45) is 0.471. The summed E-state index contributed by atoms with van der Waals surface area (Å²) in [5.74, 6) is -0.609. The van der Waals surface area contributed by atoms with E-state index in [2.05, 4.69) is 0 Å². The SMILES string of the molecule is C[C@@H]1CN(S(=O)(=O)c2cc([N+](=O)[O-])ccc2N2CCC(C(N)=O)CC2)C[C@@H](C)O1. The number of carbonyl (C=O) groups is 1. The van der Waals surface area contributed by atoms with E-state index < -0.39 is 14.9 Å². The molecule has 1 aromatic rings. The number of hydrogen-bond donors (Lipinski definition) is 1. The summed E-state index contributed by atoms with van der Waals surface area (Å²) in [4.78, 5) is 23.9. The van der Waals surface area contributed by atoms with Gasteiger partial charge in [0.15, 0.2) is 0 Å². The first-order valence-corrected chi connectivity index (χ1v) is 11.0. The number of morpholine rings is 1. The van der Waals surface area contributed by atoms with E-state index in [4.69, 9.17) is 10.5 Å². The summed E-state index contributed by atoms with van der Waals surface area (Å²) < 4.78 is 33.8. The van der Waals surface area contributed by atoms with Crippen molar-refractivity contribution in [2.75, 3.05) is 31.1 Å². The first-order chi connectivity index (χ1) is 13.6. The first-order valence-electron chi connectivity index (χ1n) is 9.58. The fourth-order valence-electron chi connectivity index (χ4n) is 3.96. The van der Waals surface area contributed by atoms with Gasteiger partial charge in [0, 0.05) is 44.2 Å². The van der Waals surface area contributed by atoms with Crippen molar-refractivity contribution in [3.63, 3.8) is 0 Å². The van der Waals surface area contributed by atoms with Crippen LogP contribution in [0.5, 0.6) is 0 Å². The molecule has 2 heterocycles. The molecule has 2 atom stereocenters. The predicted octanol–water partition coefficient (Wildman–Crippen LogP) is 1.09. The lowest BCUT2D eigenvalue weighted by Gasteiger charge is -2.37. The Morgan fingerprint density at radius 1 is 1.21 bits per heavy atom. The number of non-ortho nitro benzene ring substituents is 1. The number of nitrogens with zero attached hydrogens (tertiary/aromatic N) is 3. The molecule has 11 heteroatoms. The molecule has 0 saturated carbocycles. The van der Waals surface area contributed by atoms with Crippen LogP contribution in [0.15, 0.2) is 23.1 Å². The second-order valence-corrected chi connectivity index (χ2v) is 9.56. The Morgan fingerprint density at radius 2 is 1.79 bits per heavy atom. The fraction of sp³-hybridized carbons (Fsp3) is 0.611. The number of anilines is 1. The Labute approximate surface area is 169 Å². The van der Waals surface area contributed by atoms with E-state index in [9.17, 15) is 23.3 Å². The monoisotopic (exact) mass is 426 g/mol. The number of hydrogen-bond acceptors (Lipinski definition) is 7. The molecule has 0 radical (unpaired) electrons. The molecule has 10 nitrogen and oxygen atoms in total. The van der Waals surface area contributed by atoms with E-state index in [0.29, 0.717) is 31.6 Å². The molecule has 1 amide bonds. The van der Waals surface area contributed by atoms with Crippen molar-refractivity contribution in [2.24, 2.45) is 11.7 Å². The molecule has 2 saturated heterocycles. The van der Waals surface area contributed by atoms with Gasteiger partial charge in [-0.2, -0.15) is 4.31 Å².